The first-order valence-electron chi connectivity index (χ1n) is 6.70. The minimum atomic E-state index is -0.403. The quantitative estimate of drug-likeness (QED) is 0.657. The number of hydrogen-bond acceptors (Lipinski definition) is 3. The lowest BCUT2D eigenvalue weighted by Crippen LogP contribution is -2.18. The fourth-order valence-electron chi connectivity index (χ4n) is 2.18. The molecule has 2 aromatic carbocycles. The number of halogens is 1. The first-order chi connectivity index (χ1) is 9.97. The molecule has 2 rings (SSSR count). The van der Waals surface area contributed by atoms with Gasteiger partial charge in [0, 0.05) is 29.2 Å². The predicted octanol–water partition coefficient (Wildman–Crippen LogP) is 4.41. The van der Waals surface area contributed by atoms with E-state index in [0.29, 0.717) is 17.1 Å². The van der Waals surface area contributed by atoms with Crippen molar-refractivity contribution < 1.29 is 4.92 Å². The van der Waals surface area contributed by atoms with Gasteiger partial charge in [0.25, 0.3) is 5.69 Å². The summed E-state index contributed by atoms with van der Waals surface area (Å²) in [5.41, 5.74) is 3.03. The van der Waals surface area contributed by atoms with Crippen molar-refractivity contribution in [2.75, 3.05) is 0 Å². The fraction of sp³-hybridized carbons (Fsp3) is 0.250. The summed E-state index contributed by atoms with van der Waals surface area (Å²) in [6.07, 6.45) is 0. The molecule has 0 amide bonds. The van der Waals surface area contributed by atoms with Crippen molar-refractivity contribution >= 4 is 17.3 Å². The second-order valence-corrected chi connectivity index (χ2v) is 5.48. The maximum Gasteiger partial charge on any atom is 0.275 e. The van der Waals surface area contributed by atoms with Gasteiger partial charge in [-0.05, 0) is 31.5 Å². The standard InChI is InChI=1S/C16H17ClN2O2/c1-11-4-3-5-13(8-11)12(2)18-10-14-6-7-15(17)9-16(14)19(20)21/h3-9,12,18H,10H2,1-2H3/t12-/m0/s1. The molecule has 4 nitrogen and oxygen atoms in total. The van der Waals surface area contributed by atoms with Crippen LogP contribution in [-0.2, 0) is 6.54 Å². The summed E-state index contributed by atoms with van der Waals surface area (Å²) in [4.78, 5) is 10.6. The molecule has 1 N–H and O–H groups in total. The van der Waals surface area contributed by atoms with Crippen LogP contribution in [0.15, 0.2) is 42.5 Å². The number of nitro groups is 1. The summed E-state index contributed by atoms with van der Waals surface area (Å²) in [7, 11) is 0. The average Bonchev–Trinajstić information content (AvgIpc) is 2.45. The van der Waals surface area contributed by atoms with E-state index in [1.165, 1.54) is 11.6 Å². The van der Waals surface area contributed by atoms with Gasteiger partial charge in [0.1, 0.15) is 0 Å². The van der Waals surface area contributed by atoms with Crippen molar-refractivity contribution in [3.05, 3.63) is 74.3 Å². The second-order valence-electron chi connectivity index (χ2n) is 5.05. The van der Waals surface area contributed by atoms with Gasteiger partial charge >= 0.3 is 0 Å². The van der Waals surface area contributed by atoms with Crippen molar-refractivity contribution in [1.29, 1.82) is 0 Å². The minimum Gasteiger partial charge on any atom is -0.306 e. The molecule has 0 fully saturated rings. The first-order valence-corrected chi connectivity index (χ1v) is 7.08. The van der Waals surface area contributed by atoms with Gasteiger partial charge in [-0.1, -0.05) is 41.4 Å². The molecule has 0 aliphatic heterocycles. The van der Waals surface area contributed by atoms with Gasteiger partial charge in [-0.2, -0.15) is 0 Å². The topological polar surface area (TPSA) is 55.2 Å². The molecule has 0 aliphatic rings. The summed E-state index contributed by atoms with van der Waals surface area (Å²) in [6, 6.07) is 13.1. The van der Waals surface area contributed by atoms with Gasteiger partial charge in [0.2, 0.25) is 0 Å². The Morgan fingerprint density at radius 1 is 1.29 bits per heavy atom. The van der Waals surface area contributed by atoms with Crippen LogP contribution >= 0.6 is 11.6 Å². The van der Waals surface area contributed by atoms with Crippen LogP contribution < -0.4 is 5.32 Å². The van der Waals surface area contributed by atoms with E-state index in [2.05, 4.69) is 11.4 Å². The van der Waals surface area contributed by atoms with Crippen LogP contribution in [0.2, 0.25) is 5.02 Å². The van der Waals surface area contributed by atoms with Gasteiger partial charge < -0.3 is 5.32 Å². The average molecular weight is 305 g/mol. The zero-order valence-electron chi connectivity index (χ0n) is 12.0. The van der Waals surface area contributed by atoms with E-state index in [9.17, 15) is 10.1 Å². The van der Waals surface area contributed by atoms with E-state index < -0.39 is 4.92 Å². The fourth-order valence-corrected chi connectivity index (χ4v) is 2.34. The van der Waals surface area contributed by atoms with Gasteiger partial charge in [-0.3, -0.25) is 10.1 Å². The minimum absolute atomic E-state index is 0.0476. The number of hydrogen-bond donors (Lipinski definition) is 1. The summed E-state index contributed by atoms with van der Waals surface area (Å²) < 4.78 is 0. The molecule has 0 bridgehead atoms. The van der Waals surface area contributed by atoms with E-state index in [4.69, 9.17) is 11.6 Å². The summed E-state index contributed by atoms with van der Waals surface area (Å²) in [5.74, 6) is 0. The van der Waals surface area contributed by atoms with Crippen LogP contribution in [-0.4, -0.2) is 4.92 Å². The smallest absolute Gasteiger partial charge is 0.275 e. The van der Waals surface area contributed by atoms with E-state index in [0.717, 1.165) is 5.56 Å². The summed E-state index contributed by atoms with van der Waals surface area (Å²) in [6.45, 7) is 4.50. The highest BCUT2D eigenvalue weighted by Gasteiger charge is 2.15. The lowest BCUT2D eigenvalue weighted by molar-refractivity contribution is -0.385. The lowest BCUT2D eigenvalue weighted by Gasteiger charge is -2.15. The van der Waals surface area contributed by atoms with E-state index in [1.54, 1.807) is 12.1 Å². The first kappa shape index (κ1) is 15.5. The zero-order valence-corrected chi connectivity index (χ0v) is 12.7. The highest BCUT2D eigenvalue weighted by Crippen LogP contribution is 2.24. The maximum absolute atomic E-state index is 11.1. The molecule has 0 heterocycles. The number of rotatable bonds is 5. The van der Waals surface area contributed by atoms with E-state index >= 15 is 0 Å². The monoisotopic (exact) mass is 304 g/mol. The van der Waals surface area contributed by atoms with Crippen molar-refractivity contribution in [2.24, 2.45) is 0 Å². The molecule has 0 aromatic heterocycles. The van der Waals surface area contributed by atoms with Gasteiger partial charge in [-0.15, -0.1) is 0 Å². The normalized spacial score (nSPS) is 12.1. The Bertz CT molecular complexity index is 658. The van der Waals surface area contributed by atoms with Gasteiger partial charge in [0.15, 0.2) is 0 Å². The Balaban J connectivity index is 2.11. The molecule has 2 aromatic rings. The number of nitrogens with zero attached hydrogens (tertiary/aromatic N) is 1. The Labute approximate surface area is 128 Å². The van der Waals surface area contributed by atoms with Gasteiger partial charge in [0.05, 0.1) is 4.92 Å². The van der Waals surface area contributed by atoms with Crippen LogP contribution in [0.3, 0.4) is 0 Å². The lowest BCUT2D eigenvalue weighted by atomic mass is 10.1. The molecule has 1 atom stereocenters. The van der Waals surface area contributed by atoms with Gasteiger partial charge in [-0.25, -0.2) is 0 Å². The van der Waals surface area contributed by atoms with Crippen LogP contribution in [0.4, 0.5) is 5.69 Å². The summed E-state index contributed by atoms with van der Waals surface area (Å²) >= 11 is 5.81. The highest BCUT2D eigenvalue weighted by atomic mass is 35.5. The molecule has 0 unspecified atom stereocenters. The predicted molar refractivity (Wildman–Crippen MR) is 84.5 cm³/mol. The highest BCUT2D eigenvalue weighted by molar-refractivity contribution is 6.30. The molecule has 0 saturated carbocycles. The van der Waals surface area contributed by atoms with Crippen molar-refractivity contribution in [2.45, 2.75) is 26.4 Å². The van der Waals surface area contributed by atoms with Crippen LogP contribution in [0.25, 0.3) is 0 Å². The largest absolute Gasteiger partial charge is 0.306 e. The molecule has 5 heteroatoms. The molecule has 21 heavy (non-hydrogen) atoms. The van der Waals surface area contributed by atoms with Crippen molar-refractivity contribution in [1.82, 2.24) is 5.32 Å². The number of benzene rings is 2. The molecule has 0 saturated heterocycles. The Hall–Kier alpha value is -1.91. The number of aryl methyl sites for hydroxylation is 1. The van der Waals surface area contributed by atoms with E-state index in [1.807, 2.05) is 32.0 Å². The van der Waals surface area contributed by atoms with Crippen LogP contribution in [0, 0.1) is 17.0 Å². The Morgan fingerprint density at radius 2 is 2.05 bits per heavy atom. The molecule has 0 aliphatic carbocycles. The third-order valence-electron chi connectivity index (χ3n) is 3.38. The molecular formula is C16H17ClN2O2. The maximum atomic E-state index is 11.1. The van der Waals surface area contributed by atoms with Crippen LogP contribution in [0.1, 0.15) is 29.7 Å². The molecule has 0 spiro atoms. The van der Waals surface area contributed by atoms with E-state index in [-0.39, 0.29) is 11.7 Å². The second kappa shape index (κ2) is 6.70. The third-order valence-corrected chi connectivity index (χ3v) is 3.62. The Kier molecular flexibility index (Phi) is 4.94. The molecule has 0 radical (unpaired) electrons. The zero-order chi connectivity index (χ0) is 15.4. The molecular weight excluding hydrogens is 288 g/mol. The third kappa shape index (κ3) is 4.03. The molecule has 110 valence electrons. The SMILES string of the molecule is Cc1cccc([C@H](C)NCc2ccc(Cl)cc2[N+](=O)[O-])c1. The number of nitrogens with one attached hydrogen (secondary N) is 1. The van der Waals surface area contributed by atoms with Crippen LogP contribution in [0.5, 0.6) is 0 Å². The Morgan fingerprint density at radius 3 is 2.71 bits per heavy atom. The summed E-state index contributed by atoms with van der Waals surface area (Å²) in [5, 5.41) is 14.7. The van der Waals surface area contributed by atoms with Crippen molar-refractivity contribution in [3.8, 4) is 0 Å². The number of nitro benzene ring substituents is 1. The van der Waals surface area contributed by atoms with Crippen molar-refractivity contribution in [3.63, 3.8) is 0 Å².